The third-order valence-corrected chi connectivity index (χ3v) is 3.74. The number of methoxy groups -OCH3 is 1. The van der Waals surface area contributed by atoms with Gasteiger partial charge < -0.3 is 14.8 Å². The Kier molecular flexibility index (Phi) is 3.36. The van der Waals surface area contributed by atoms with Crippen LogP contribution in [-0.4, -0.2) is 12.9 Å². The molecule has 2 aromatic rings. The molecule has 1 aliphatic heterocycles. The van der Waals surface area contributed by atoms with Crippen LogP contribution >= 0.6 is 0 Å². The molecule has 0 aliphatic carbocycles. The maximum atomic E-state index is 5.97. The molecule has 2 aromatic carbocycles. The lowest BCUT2D eigenvalue weighted by Gasteiger charge is -2.39. The van der Waals surface area contributed by atoms with E-state index in [1.807, 2.05) is 43.3 Å². The van der Waals surface area contributed by atoms with Crippen molar-refractivity contribution in [1.29, 1.82) is 0 Å². The summed E-state index contributed by atoms with van der Waals surface area (Å²) in [5.74, 6) is 0.289. The summed E-state index contributed by atoms with van der Waals surface area (Å²) in [5, 5.41) is 3.57. The van der Waals surface area contributed by atoms with E-state index in [0.29, 0.717) is 0 Å². The zero-order valence-corrected chi connectivity index (χ0v) is 11.8. The van der Waals surface area contributed by atoms with Crippen molar-refractivity contribution in [2.24, 2.45) is 0 Å². The molecule has 0 fully saturated rings. The van der Waals surface area contributed by atoms with E-state index < -0.39 is 5.79 Å². The first-order valence-corrected chi connectivity index (χ1v) is 6.85. The van der Waals surface area contributed by atoms with Crippen LogP contribution in [0.25, 0.3) is 0 Å². The van der Waals surface area contributed by atoms with Gasteiger partial charge in [0.1, 0.15) is 5.75 Å². The second-order valence-electron chi connectivity index (χ2n) is 5.24. The predicted octanol–water partition coefficient (Wildman–Crippen LogP) is 3.98. The first-order chi connectivity index (χ1) is 9.70. The first kappa shape index (κ1) is 13.0. The largest absolute Gasteiger partial charge is 0.462 e. The van der Waals surface area contributed by atoms with Gasteiger partial charge in [-0.25, -0.2) is 0 Å². The number of benzene rings is 2. The Morgan fingerprint density at radius 3 is 2.55 bits per heavy atom. The van der Waals surface area contributed by atoms with Crippen LogP contribution < -0.4 is 10.1 Å². The zero-order chi connectivity index (χ0) is 14.0. The van der Waals surface area contributed by atoms with Gasteiger partial charge in [0.05, 0.1) is 6.04 Å². The van der Waals surface area contributed by atoms with Crippen molar-refractivity contribution in [2.75, 3.05) is 12.4 Å². The number of rotatable bonds is 3. The van der Waals surface area contributed by atoms with Crippen molar-refractivity contribution < 1.29 is 9.47 Å². The van der Waals surface area contributed by atoms with E-state index in [1.54, 1.807) is 7.11 Å². The van der Waals surface area contributed by atoms with Crippen LogP contribution in [0, 0.1) is 0 Å². The highest BCUT2D eigenvalue weighted by atomic mass is 16.7. The molecule has 1 aliphatic rings. The van der Waals surface area contributed by atoms with Gasteiger partial charge in [0.25, 0.3) is 0 Å². The Balaban J connectivity index is 1.93. The van der Waals surface area contributed by atoms with Crippen LogP contribution in [0.1, 0.15) is 24.9 Å². The maximum absolute atomic E-state index is 5.97. The van der Waals surface area contributed by atoms with E-state index in [0.717, 1.165) is 17.9 Å². The lowest BCUT2D eigenvalue weighted by atomic mass is 9.94. The Morgan fingerprint density at radius 2 is 1.80 bits per heavy atom. The Morgan fingerprint density at radius 1 is 1.10 bits per heavy atom. The first-order valence-electron chi connectivity index (χ1n) is 6.85. The molecule has 0 saturated carbocycles. The Hall–Kier alpha value is -2.00. The predicted molar refractivity (Wildman–Crippen MR) is 79.9 cm³/mol. The van der Waals surface area contributed by atoms with Crippen LogP contribution in [0.15, 0.2) is 54.6 Å². The van der Waals surface area contributed by atoms with Crippen molar-refractivity contribution in [2.45, 2.75) is 25.2 Å². The summed E-state index contributed by atoms with van der Waals surface area (Å²) in [6.07, 6.45) is 0.759. The molecule has 1 heterocycles. The highest BCUT2D eigenvalue weighted by molar-refractivity contribution is 5.48. The molecule has 0 unspecified atom stereocenters. The summed E-state index contributed by atoms with van der Waals surface area (Å²) in [5.41, 5.74) is 2.28. The number of para-hydroxylation sites is 2. The molecule has 20 heavy (non-hydrogen) atoms. The lowest BCUT2D eigenvalue weighted by Crippen LogP contribution is -2.41. The van der Waals surface area contributed by atoms with Gasteiger partial charge in [-0.3, -0.25) is 0 Å². The van der Waals surface area contributed by atoms with Gasteiger partial charge in [0.2, 0.25) is 5.79 Å². The molecule has 104 valence electrons. The topological polar surface area (TPSA) is 30.5 Å². The van der Waals surface area contributed by atoms with Crippen LogP contribution in [0.2, 0.25) is 0 Å². The Bertz CT molecular complexity index is 585. The van der Waals surface area contributed by atoms with E-state index in [1.165, 1.54) is 5.56 Å². The van der Waals surface area contributed by atoms with Crippen LogP contribution in [0.4, 0.5) is 5.69 Å². The maximum Gasteiger partial charge on any atom is 0.209 e. The quantitative estimate of drug-likeness (QED) is 0.914. The van der Waals surface area contributed by atoms with E-state index in [-0.39, 0.29) is 6.04 Å². The van der Waals surface area contributed by atoms with Crippen molar-refractivity contribution in [3.63, 3.8) is 0 Å². The average Bonchev–Trinajstić information content (AvgIpc) is 2.48. The number of hydrogen-bond acceptors (Lipinski definition) is 3. The van der Waals surface area contributed by atoms with Crippen molar-refractivity contribution in [1.82, 2.24) is 0 Å². The van der Waals surface area contributed by atoms with Crippen LogP contribution in [0.3, 0.4) is 0 Å². The molecule has 0 aromatic heterocycles. The fourth-order valence-corrected chi connectivity index (χ4v) is 2.61. The monoisotopic (exact) mass is 269 g/mol. The molecule has 0 spiro atoms. The molecule has 0 amide bonds. The van der Waals surface area contributed by atoms with Crippen molar-refractivity contribution in [3.8, 4) is 5.75 Å². The second-order valence-corrected chi connectivity index (χ2v) is 5.24. The highest BCUT2D eigenvalue weighted by Gasteiger charge is 2.37. The van der Waals surface area contributed by atoms with Crippen molar-refractivity contribution >= 4 is 5.69 Å². The minimum absolute atomic E-state index is 0.173. The summed E-state index contributed by atoms with van der Waals surface area (Å²) < 4.78 is 11.5. The third kappa shape index (κ3) is 2.49. The number of anilines is 1. The van der Waals surface area contributed by atoms with Gasteiger partial charge in [0.15, 0.2) is 0 Å². The normalized spacial score (nSPS) is 24.6. The second kappa shape index (κ2) is 5.17. The van der Waals surface area contributed by atoms with Crippen LogP contribution in [-0.2, 0) is 4.74 Å². The molecule has 1 N–H and O–H groups in total. The summed E-state index contributed by atoms with van der Waals surface area (Å²) >= 11 is 0. The van der Waals surface area contributed by atoms with Crippen molar-refractivity contribution in [3.05, 3.63) is 60.2 Å². The molecular weight excluding hydrogens is 250 g/mol. The minimum atomic E-state index is -0.596. The SMILES string of the molecule is CO[C@@]1(C)C[C@@H](Nc2ccccc2)c2ccccc2O1. The number of ether oxygens (including phenoxy) is 2. The van der Waals surface area contributed by atoms with Gasteiger partial charge >= 0.3 is 0 Å². The summed E-state index contributed by atoms with van der Waals surface area (Å²) in [7, 11) is 1.69. The van der Waals surface area contributed by atoms with Gasteiger partial charge in [-0.05, 0) is 18.2 Å². The van der Waals surface area contributed by atoms with Gasteiger partial charge in [-0.2, -0.15) is 0 Å². The van der Waals surface area contributed by atoms with Crippen LogP contribution in [0.5, 0.6) is 5.75 Å². The standard InChI is InChI=1S/C17H19NO2/c1-17(19-2)12-15(18-13-8-4-3-5-9-13)14-10-6-7-11-16(14)20-17/h3-11,15,18H,12H2,1-2H3/t15-,17-/m1/s1. The molecule has 0 saturated heterocycles. The molecule has 3 heteroatoms. The Labute approximate surface area is 119 Å². The molecule has 3 nitrogen and oxygen atoms in total. The fraction of sp³-hybridized carbons (Fsp3) is 0.294. The molecule has 0 bridgehead atoms. The number of hydrogen-bond donors (Lipinski definition) is 1. The molecule has 0 radical (unpaired) electrons. The van der Waals surface area contributed by atoms with E-state index in [4.69, 9.17) is 9.47 Å². The highest BCUT2D eigenvalue weighted by Crippen LogP contribution is 2.41. The lowest BCUT2D eigenvalue weighted by molar-refractivity contribution is -0.164. The molecule has 3 rings (SSSR count). The van der Waals surface area contributed by atoms with Gasteiger partial charge in [-0.1, -0.05) is 36.4 Å². The van der Waals surface area contributed by atoms with E-state index in [2.05, 4.69) is 23.5 Å². The smallest absolute Gasteiger partial charge is 0.209 e. The average molecular weight is 269 g/mol. The molecule has 2 atom stereocenters. The van der Waals surface area contributed by atoms with Gasteiger partial charge in [0, 0.05) is 31.7 Å². The third-order valence-electron chi connectivity index (χ3n) is 3.74. The molecular formula is C17H19NO2. The van der Waals surface area contributed by atoms with E-state index >= 15 is 0 Å². The summed E-state index contributed by atoms with van der Waals surface area (Å²) in [6.45, 7) is 1.97. The van der Waals surface area contributed by atoms with Gasteiger partial charge in [-0.15, -0.1) is 0 Å². The number of nitrogens with one attached hydrogen (secondary N) is 1. The van der Waals surface area contributed by atoms with E-state index in [9.17, 15) is 0 Å². The summed E-state index contributed by atoms with van der Waals surface area (Å²) in [6, 6.07) is 18.5. The zero-order valence-electron chi connectivity index (χ0n) is 11.8. The summed E-state index contributed by atoms with van der Waals surface area (Å²) in [4.78, 5) is 0. The number of fused-ring (bicyclic) bond motifs is 1. The fourth-order valence-electron chi connectivity index (χ4n) is 2.61. The minimum Gasteiger partial charge on any atom is -0.462 e.